The van der Waals surface area contributed by atoms with Gasteiger partial charge in [0.25, 0.3) is 5.56 Å². The van der Waals surface area contributed by atoms with Gasteiger partial charge < -0.3 is 10.7 Å². The molecule has 0 aliphatic carbocycles. The van der Waals surface area contributed by atoms with E-state index < -0.39 is 11.9 Å². The Kier molecular flexibility index (Phi) is 5.55. The van der Waals surface area contributed by atoms with Crippen LogP contribution < -0.4 is 11.3 Å². The number of hydrogen-bond donors (Lipinski definition) is 2. The summed E-state index contributed by atoms with van der Waals surface area (Å²) in [6.07, 6.45) is 0.244. The van der Waals surface area contributed by atoms with Crippen LogP contribution >= 0.6 is 11.8 Å². The lowest BCUT2D eigenvalue weighted by atomic mass is 10.0. The summed E-state index contributed by atoms with van der Waals surface area (Å²) >= 11 is 1.41. The van der Waals surface area contributed by atoms with E-state index in [0.717, 1.165) is 11.1 Å². The fourth-order valence-electron chi connectivity index (χ4n) is 2.54. The monoisotopic (exact) mass is 368 g/mol. The number of benzene rings is 2. The highest BCUT2D eigenvalue weighted by atomic mass is 32.2. The first-order valence-corrected chi connectivity index (χ1v) is 8.88. The Morgan fingerprint density at radius 2 is 1.96 bits per heavy atom. The zero-order chi connectivity index (χ0) is 18.5. The smallest absolute Gasteiger partial charge is 0.303 e. The van der Waals surface area contributed by atoms with Crippen molar-refractivity contribution in [2.45, 2.75) is 23.4 Å². The van der Waals surface area contributed by atoms with E-state index in [2.05, 4.69) is 15.1 Å². The molecule has 3 aromatic rings. The molecule has 7 nitrogen and oxygen atoms in total. The summed E-state index contributed by atoms with van der Waals surface area (Å²) in [7, 11) is 0. The zero-order valence-corrected chi connectivity index (χ0v) is 14.5. The van der Waals surface area contributed by atoms with Crippen molar-refractivity contribution in [3.05, 3.63) is 74.9 Å². The molecule has 1 aromatic heterocycles. The molecule has 3 N–H and O–H groups in total. The van der Waals surface area contributed by atoms with Crippen LogP contribution in [0.15, 0.2) is 63.7 Å². The van der Waals surface area contributed by atoms with Gasteiger partial charge in [0, 0.05) is 10.9 Å². The lowest BCUT2D eigenvalue weighted by molar-refractivity contribution is -0.119. The van der Waals surface area contributed by atoms with Crippen LogP contribution in [-0.4, -0.2) is 21.9 Å². The molecule has 1 unspecified atom stereocenters. The van der Waals surface area contributed by atoms with Crippen LogP contribution in [-0.2, 0) is 17.0 Å². The normalized spacial score (nSPS) is 12.0. The van der Waals surface area contributed by atoms with E-state index in [1.54, 1.807) is 18.2 Å². The Hall–Kier alpha value is -2.84. The number of carbonyl (C=O) groups is 1. The van der Waals surface area contributed by atoms with Crippen molar-refractivity contribution < 1.29 is 4.79 Å². The molecule has 0 spiro atoms. The first-order chi connectivity index (χ1) is 12.6. The highest BCUT2D eigenvalue weighted by molar-refractivity contribution is 7.98. The number of aromatic nitrogens is 2. The van der Waals surface area contributed by atoms with Crippen molar-refractivity contribution in [3.8, 4) is 0 Å². The largest absolute Gasteiger partial charge is 0.319 e. The number of H-pyrrole nitrogens is 1. The molecule has 8 heteroatoms. The zero-order valence-electron chi connectivity index (χ0n) is 13.7. The molecular formula is C18H16N4O3S. The maximum absolute atomic E-state index is 12.1. The van der Waals surface area contributed by atoms with Crippen molar-refractivity contribution in [2.75, 3.05) is 0 Å². The molecule has 1 atom stereocenters. The number of thioether (sulfide) groups is 1. The number of fused-ring (bicyclic) bond motifs is 1. The van der Waals surface area contributed by atoms with Gasteiger partial charge in [-0.1, -0.05) is 48.2 Å². The molecule has 3 rings (SSSR count). The van der Waals surface area contributed by atoms with Crippen molar-refractivity contribution in [3.63, 3.8) is 0 Å². The van der Waals surface area contributed by atoms with Gasteiger partial charge in [0.2, 0.25) is 0 Å². The summed E-state index contributed by atoms with van der Waals surface area (Å²) in [5, 5.41) is 3.45. The number of amides is 1. The van der Waals surface area contributed by atoms with E-state index in [4.69, 9.17) is 5.73 Å². The molecule has 132 valence electrons. The summed E-state index contributed by atoms with van der Waals surface area (Å²) in [5.74, 6) is -0.271. The molecule has 0 aliphatic heterocycles. The summed E-state index contributed by atoms with van der Waals surface area (Å²) in [4.78, 5) is 40.8. The quantitative estimate of drug-likeness (QED) is 0.392. The number of nitrogens with zero attached hydrogens (tertiary/aromatic N) is 2. The predicted molar refractivity (Wildman–Crippen MR) is 101 cm³/mol. The molecule has 0 aliphatic rings. The lowest BCUT2D eigenvalue weighted by Gasteiger charge is -2.08. The van der Waals surface area contributed by atoms with Gasteiger partial charge in [-0.05, 0) is 29.7 Å². The number of carbonyl (C=O) groups excluding carboxylic acids is 1. The highest BCUT2D eigenvalue weighted by Crippen LogP contribution is 2.21. The van der Waals surface area contributed by atoms with Gasteiger partial charge in [-0.15, -0.1) is 4.91 Å². The first-order valence-electron chi connectivity index (χ1n) is 7.89. The molecule has 1 heterocycles. The van der Waals surface area contributed by atoms with Crippen LogP contribution in [0.25, 0.3) is 10.9 Å². The second kappa shape index (κ2) is 8.03. The van der Waals surface area contributed by atoms with Gasteiger partial charge in [-0.2, -0.15) is 0 Å². The Morgan fingerprint density at radius 3 is 2.77 bits per heavy atom. The fraction of sp³-hybridized carbons (Fsp3) is 0.167. The minimum absolute atomic E-state index is 0.169. The Balaban J connectivity index is 1.72. The van der Waals surface area contributed by atoms with Crippen LogP contribution in [0.4, 0.5) is 0 Å². The molecule has 1 amide bonds. The highest BCUT2D eigenvalue weighted by Gasteiger charge is 2.14. The molecule has 0 saturated heterocycles. The second-order valence-electron chi connectivity index (χ2n) is 5.74. The van der Waals surface area contributed by atoms with Gasteiger partial charge in [0.1, 0.15) is 0 Å². The minimum Gasteiger partial charge on any atom is -0.319 e. The molecule has 26 heavy (non-hydrogen) atoms. The molecule has 0 fully saturated rings. The third kappa shape index (κ3) is 4.22. The summed E-state index contributed by atoms with van der Waals surface area (Å²) in [5.41, 5.74) is 7.96. The predicted octanol–water partition coefficient (Wildman–Crippen LogP) is 2.38. The number of nitrogens with two attached hydrogens (primary N) is 1. The van der Waals surface area contributed by atoms with Crippen molar-refractivity contribution >= 4 is 28.6 Å². The molecule has 2 aromatic carbocycles. The number of hydrogen-bond acceptors (Lipinski definition) is 6. The molecule has 0 bridgehead atoms. The average molecular weight is 368 g/mol. The SMILES string of the molecule is NC(Cc1cccc(CSc2nc3ccccc3c(=O)[nH]2)c1)C(=O)N=O. The Bertz CT molecular complexity index is 1020. The van der Waals surface area contributed by atoms with E-state index >= 15 is 0 Å². The standard InChI is InChI=1S/C18H16N4O3S/c19-14(17(24)22-25)9-11-4-3-5-12(8-11)10-26-18-20-15-7-2-1-6-13(15)16(23)21-18/h1-8,14H,9-10,19H2,(H,20,21,23). The van der Waals surface area contributed by atoms with E-state index in [0.29, 0.717) is 21.8 Å². The number of para-hydroxylation sites is 1. The third-order valence-electron chi connectivity index (χ3n) is 3.82. The van der Waals surface area contributed by atoms with Crippen LogP contribution in [0.5, 0.6) is 0 Å². The van der Waals surface area contributed by atoms with E-state index in [-0.39, 0.29) is 12.0 Å². The second-order valence-corrected chi connectivity index (χ2v) is 6.70. The summed E-state index contributed by atoms with van der Waals surface area (Å²) in [6.45, 7) is 0. The fourth-order valence-corrected chi connectivity index (χ4v) is 3.35. The van der Waals surface area contributed by atoms with Crippen molar-refractivity contribution in [1.82, 2.24) is 9.97 Å². The van der Waals surface area contributed by atoms with Gasteiger partial charge in [-0.3, -0.25) is 9.59 Å². The van der Waals surface area contributed by atoms with Crippen LogP contribution in [0.1, 0.15) is 11.1 Å². The lowest BCUT2D eigenvalue weighted by Crippen LogP contribution is -2.31. The van der Waals surface area contributed by atoms with Gasteiger partial charge in [0.05, 0.1) is 16.9 Å². The summed E-state index contributed by atoms with van der Waals surface area (Å²) < 4.78 is 0. The minimum atomic E-state index is -0.936. The average Bonchev–Trinajstić information content (AvgIpc) is 2.66. The first kappa shape index (κ1) is 18.0. The number of rotatable bonds is 6. The molecule has 0 radical (unpaired) electrons. The van der Waals surface area contributed by atoms with Crippen LogP contribution in [0.2, 0.25) is 0 Å². The maximum Gasteiger partial charge on any atom is 0.303 e. The van der Waals surface area contributed by atoms with E-state index in [9.17, 15) is 14.5 Å². The van der Waals surface area contributed by atoms with Gasteiger partial charge >= 0.3 is 5.91 Å². The van der Waals surface area contributed by atoms with Gasteiger partial charge in [0.15, 0.2) is 5.16 Å². The molecule has 0 saturated carbocycles. The Labute approximate surface area is 153 Å². The third-order valence-corrected chi connectivity index (χ3v) is 4.77. The number of aromatic amines is 1. The van der Waals surface area contributed by atoms with Crippen LogP contribution in [0, 0.1) is 4.91 Å². The number of nitrogens with one attached hydrogen (secondary N) is 1. The Morgan fingerprint density at radius 1 is 1.19 bits per heavy atom. The van der Waals surface area contributed by atoms with Crippen molar-refractivity contribution in [2.24, 2.45) is 10.9 Å². The maximum atomic E-state index is 12.1. The van der Waals surface area contributed by atoms with Gasteiger partial charge in [-0.25, -0.2) is 4.98 Å². The van der Waals surface area contributed by atoms with E-state index in [1.807, 2.05) is 30.3 Å². The number of nitroso groups, excluding NO2 is 1. The molecular weight excluding hydrogens is 352 g/mol. The summed E-state index contributed by atoms with van der Waals surface area (Å²) in [6, 6.07) is 13.8. The van der Waals surface area contributed by atoms with Crippen LogP contribution in [0.3, 0.4) is 0 Å². The van der Waals surface area contributed by atoms with E-state index in [1.165, 1.54) is 11.8 Å². The topological polar surface area (TPSA) is 118 Å². The van der Waals surface area contributed by atoms with Crippen molar-refractivity contribution in [1.29, 1.82) is 0 Å².